The van der Waals surface area contributed by atoms with Gasteiger partial charge in [0.05, 0.1) is 6.61 Å². The van der Waals surface area contributed by atoms with Crippen molar-refractivity contribution in [3.63, 3.8) is 0 Å². The van der Waals surface area contributed by atoms with Gasteiger partial charge in [-0.15, -0.1) is 0 Å². The number of benzene rings is 1. The molecule has 2 aliphatic rings. The second-order valence-electron chi connectivity index (χ2n) is 7.48. The van der Waals surface area contributed by atoms with Crippen molar-refractivity contribution in [2.24, 2.45) is 0 Å². The van der Waals surface area contributed by atoms with E-state index in [9.17, 15) is 4.79 Å². The predicted molar refractivity (Wildman–Crippen MR) is 98.1 cm³/mol. The summed E-state index contributed by atoms with van der Waals surface area (Å²) in [5.41, 5.74) is 2.77. The molecular formula is C20H33N3O2+2. The number of piperazine rings is 1. The summed E-state index contributed by atoms with van der Waals surface area (Å²) in [6, 6.07) is 6.99. The molecule has 25 heavy (non-hydrogen) atoms. The van der Waals surface area contributed by atoms with Gasteiger partial charge in [0, 0.05) is 18.0 Å². The lowest BCUT2D eigenvalue weighted by Gasteiger charge is -2.29. The Hall–Kier alpha value is -1.59. The van der Waals surface area contributed by atoms with Crippen molar-refractivity contribution in [2.45, 2.75) is 45.7 Å². The quantitative estimate of drug-likeness (QED) is 0.605. The molecule has 0 saturated carbocycles. The van der Waals surface area contributed by atoms with Crippen molar-refractivity contribution in [2.75, 3.05) is 39.3 Å². The van der Waals surface area contributed by atoms with Gasteiger partial charge in [-0.25, -0.2) is 0 Å². The fourth-order valence-corrected chi connectivity index (χ4v) is 3.95. The van der Waals surface area contributed by atoms with Gasteiger partial charge in [0.2, 0.25) is 0 Å². The third kappa shape index (κ3) is 4.95. The van der Waals surface area contributed by atoms with Crippen molar-refractivity contribution < 1.29 is 19.3 Å². The Balaban J connectivity index is 1.42. The molecule has 0 aromatic heterocycles. The molecule has 2 heterocycles. The van der Waals surface area contributed by atoms with Crippen molar-refractivity contribution in [1.82, 2.24) is 5.32 Å². The molecule has 1 saturated heterocycles. The summed E-state index contributed by atoms with van der Waals surface area (Å²) in [5, 5.41) is 3.16. The van der Waals surface area contributed by atoms with Gasteiger partial charge in [0.1, 0.15) is 38.5 Å². The Morgan fingerprint density at radius 3 is 2.60 bits per heavy atom. The van der Waals surface area contributed by atoms with Gasteiger partial charge in [-0.3, -0.25) is 4.79 Å². The maximum absolute atomic E-state index is 12.2. The maximum Gasteiger partial charge on any atom is 0.275 e. The van der Waals surface area contributed by atoms with Gasteiger partial charge in [-0.2, -0.15) is 0 Å². The molecule has 0 bridgehead atoms. The SMILES string of the molecule is CCC(CC)NC(=O)C[NH+]1CC[NH+](Cc2ccc3c(c2)CCO3)CC1. The maximum atomic E-state index is 12.2. The Labute approximate surface area is 151 Å². The van der Waals surface area contributed by atoms with E-state index in [-0.39, 0.29) is 5.91 Å². The third-order valence-electron chi connectivity index (χ3n) is 5.63. The molecule has 0 aliphatic carbocycles. The molecule has 0 unspecified atom stereocenters. The minimum absolute atomic E-state index is 0.214. The Morgan fingerprint density at radius 1 is 1.16 bits per heavy atom. The monoisotopic (exact) mass is 347 g/mol. The van der Waals surface area contributed by atoms with E-state index in [0.29, 0.717) is 12.6 Å². The lowest BCUT2D eigenvalue weighted by molar-refractivity contribution is -1.02. The van der Waals surface area contributed by atoms with Gasteiger partial charge in [-0.05, 0) is 36.6 Å². The Kier molecular flexibility index (Phi) is 6.32. The molecule has 1 aromatic carbocycles. The number of ether oxygens (including phenoxy) is 1. The topological polar surface area (TPSA) is 47.2 Å². The first-order valence-corrected chi connectivity index (χ1v) is 9.89. The number of nitrogens with one attached hydrogen (secondary N) is 3. The highest BCUT2D eigenvalue weighted by atomic mass is 16.5. The number of fused-ring (bicyclic) bond motifs is 1. The third-order valence-corrected chi connectivity index (χ3v) is 5.63. The van der Waals surface area contributed by atoms with Crippen molar-refractivity contribution in [1.29, 1.82) is 0 Å². The highest BCUT2D eigenvalue weighted by Crippen LogP contribution is 2.25. The summed E-state index contributed by atoms with van der Waals surface area (Å²) < 4.78 is 5.59. The Morgan fingerprint density at radius 2 is 1.88 bits per heavy atom. The van der Waals surface area contributed by atoms with Crippen LogP contribution >= 0.6 is 0 Å². The summed E-state index contributed by atoms with van der Waals surface area (Å²) in [5.74, 6) is 1.28. The molecule has 2 aliphatic heterocycles. The van der Waals surface area contributed by atoms with E-state index in [1.165, 1.54) is 16.0 Å². The van der Waals surface area contributed by atoms with Crippen LogP contribution in [0.2, 0.25) is 0 Å². The van der Waals surface area contributed by atoms with E-state index in [2.05, 4.69) is 37.4 Å². The van der Waals surface area contributed by atoms with E-state index in [0.717, 1.165) is 64.3 Å². The molecule has 138 valence electrons. The minimum Gasteiger partial charge on any atom is -0.493 e. The number of quaternary nitrogens is 2. The van der Waals surface area contributed by atoms with Crippen LogP contribution in [0.1, 0.15) is 37.8 Å². The molecule has 3 rings (SSSR count). The first-order chi connectivity index (χ1) is 12.2. The standard InChI is InChI=1S/C20H31N3O2/c1-3-18(4-2)21-20(24)15-23-10-8-22(9-11-23)14-16-5-6-19-17(13-16)7-12-25-19/h5-6,13,18H,3-4,7-12,14-15H2,1-2H3,(H,21,24)/p+2. The average Bonchev–Trinajstić information content (AvgIpc) is 3.09. The van der Waals surface area contributed by atoms with Crippen LogP contribution in [0.4, 0.5) is 0 Å². The van der Waals surface area contributed by atoms with Crippen LogP contribution in [0.15, 0.2) is 18.2 Å². The van der Waals surface area contributed by atoms with Crippen molar-refractivity contribution in [3.8, 4) is 5.75 Å². The minimum atomic E-state index is 0.214. The van der Waals surface area contributed by atoms with Crippen LogP contribution in [-0.2, 0) is 17.8 Å². The molecule has 5 nitrogen and oxygen atoms in total. The summed E-state index contributed by atoms with van der Waals surface area (Å²) in [4.78, 5) is 15.2. The van der Waals surface area contributed by atoms with Gasteiger partial charge in [0.25, 0.3) is 5.91 Å². The lowest BCUT2D eigenvalue weighted by atomic mass is 10.1. The Bertz CT molecular complexity index is 578. The highest BCUT2D eigenvalue weighted by molar-refractivity contribution is 5.77. The first kappa shape index (κ1) is 18.2. The summed E-state index contributed by atoms with van der Waals surface area (Å²) in [6.45, 7) is 11.2. The molecular weight excluding hydrogens is 314 g/mol. The average molecular weight is 348 g/mol. The number of hydrogen-bond acceptors (Lipinski definition) is 2. The smallest absolute Gasteiger partial charge is 0.275 e. The number of amides is 1. The number of rotatable bonds is 7. The van der Waals surface area contributed by atoms with Crippen molar-refractivity contribution >= 4 is 5.91 Å². The zero-order valence-corrected chi connectivity index (χ0v) is 15.7. The fourth-order valence-electron chi connectivity index (χ4n) is 3.95. The van der Waals surface area contributed by atoms with E-state index in [1.54, 1.807) is 4.90 Å². The van der Waals surface area contributed by atoms with E-state index < -0.39 is 0 Å². The second kappa shape index (κ2) is 8.68. The van der Waals surface area contributed by atoms with Crippen molar-refractivity contribution in [3.05, 3.63) is 29.3 Å². The lowest BCUT2D eigenvalue weighted by Crippen LogP contribution is -3.28. The van der Waals surface area contributed by atoms with Gasteiger partial charge in [0.15, 0.2) is 6.54 Å². The van der Waals surface area contributed by atoms with E-state index in [4.69, 9.17) is 4.74 Å². The molecule has 3 N–H and O–H groups in total. The van der Waals surface area contributed by atoms with Crippen LogP contribution in [-0.4, -0.2) is 51.3 Å². The fraction of sp³-hybridized carbons (Fsp3) is 0.650. The zero-order chi connectivity index (χ0) is 17.6. The molecule has 5 heteroatoms. The van der Waals surface area contributed by atoms with Crippen LogP contribution in [0.25, 0.3) is 0 Å². The second-order valence-corrected chi connectivity index (χ2v) is 7.48. The van der Waals surface area contributed by atoms with Crippen LogP contribution in [0.5, 0.6) is 5.75 Å². The van der Waals surface area contributed by atoms with Crippen LogP contribution in [0.3, 0.4) is 0 Å². The van der Waals surface area contributed by atoms with Crippen LogP contribution < -0.4 is 19.9 Å². The molecule has 1 aromatic rings. The molecule has 0 spiro atoms. The molecule has 1 amide bonds. The summed E-state index contributed by atoms with van der Waals surface area (Å²) in [7, 11) is 0. The molecule has 0 atom stereocenters. The van der Waals surface area contributed by atoms with Gasteiger partial charge in [-0.1, -0.05) is 13.8 Å². The number of hydrogen-bond donors (Lipinski definition) is 3. The highest BCUT2D eigenvalue weighted by Gasteiger charge is 2.25. The van der Waals surface area contributed by atoms with Gasteiger partial charge < -0.3 is 19.9 Å². The summed E-state index contributed by atoms with van der Waals surface area (Å²) >= 11 is 0. The largest absolute Gasteiger partial charge is 0.493 e. The number of carbonyl (C=O) groups excluding carboxylic acids is 1. The van der Waals surface area contributed by atoms with Crippen LogP contribution in [0, 0.1) is 0 Å². The normalized spacial score (nSPS) is 22.5. The van der Waals surface area contributed by atoms with E-state index in [1.807, 2.05) is 0 Å². The zero-order valence-electron chi connectivity index (χ0n) is 15.7. The van der Waals surface area contributed by atoms with Gasteiger partial charge >= 0.3 is 0 Å². The number of carbonyl (C=O) groups is 1. The first-order valence-electron chi connectivity index (χ1n) is 9.89. The molecule has 0 radical (unpaired) electrons. The van der Waals surface area contributed by atoms with E-state index >= 15 is 0 Å². The summed E-state index contributed by atoms with van der Waals surface area (Å²) in [6.07, 6.45) is 3.07. The molecule has 1 fully saturated rings. The predicted octanol–water partition coefficient (Wildman–Crippen LogP) is -0.790.